The van der Waals surface area contributed by atoms with Crippen molar-refractivity contribution in [3.63, 3.8) is 0 Å². The molecule has 0 bridgehead atoms. The van der Waals surface area contributed by atoms with E-state index in [1.165, 1.54) is 18.4 Å². The SMILES string of the molecule is CCC(CC)C(c1ccc(O)cc1)C(C)C. The van der Waals surface area contributed by atoms with Gasteiger partial charge >= 0.3 is 0 Å². The summed E-state index contributed by atoms with van der Waals surface area (Å²) in [5, 5.41) is 9.33. The zero-order chi connectivity index (χ0) is 12.1. The fourth-order valence-corrected chi connectivity index (χ4v) is 2.69. The molecule has 0 heterocycles. The molecule has 1 nitrogen and oxygen atoms in total. The molecule has 90 valence electrons. The van der Waals surface area contributed by atoms with Crippen LogP contribution in [0.15, 0.2) is 24.3 Å². The van der Waals surface area contributed by atoms with Crippen LogP contribution in [0.5, 0.6) is 5.75 Å². The second-order valence-corrected chi connectivity index (χ2v) is 4.94. The van der Waals surface area contributed by atoms with Crippen molar-refractivity contribution in [2.45, 2.75) is 46.5 Å². The van der Waals surface area contributed by atoms with E-state index in [1.54, 1.807) is 12.1 Å². The first-order valence-electron chi connectivity index (χ1n) is 6.39. The average molecular weight is 220 g/mol. The second kappa shape index (κ2) is 5.93. The molecule has 1 unspecified atom stereocenters. The van der Waals surface area contributed by atoms with Gasteiger partial charge in [0.1, 0.15) is 5.75 Å². The Labute approximate surface area is 99.5 Å². The summed E-state index contributed by atoms with van der Waals surface area (Å²) < 4.78 is 0. The normalized spacial score (nSPS) is 13.4. The first-order chi connectivity index (χ1) is 7.60. The molecule has 0 amide bonds. The molecule has 0 aromatic heterocycles. The molecule has 0 saturated heterocycles. The predicted octanol–water partition coefficient (Wildman–Crippen LogP) is 4.57. The summed E-state index contributed by atoms with van der Waals surface area (Å²) in [7, 11) is 0. The minimum atomic E-state index is 0.357. The van der Waals surface area contributed by atoms with Crippen LogP contribution in [0.4, 0.5) is 0 Å². The van der Waals surface area contributed by atoms with E-state index in [4.69, 9.17) is 0 Å². The van der Waals surface area contributed by atoms with Crippen LogP contribution >= 0.6 is 0 Å². The topological polar surface area (TPSA) is 20.2 Å². The molecule has 0 radical (unpaired) electrons. The summed E-state index contributed by atoms with van der Waals surface area (Å²) in [5.74, 6) is 2.35. The number of benzene rings is 1. The maximum absolute atomic E-state index is 9.33. The molecular weight excluding hydrogens is 196 g/mol. The van der Waals surface area contributed by atoms with E-state index in [2.05, 4.69) is 39.8 Å². The quantitative estimate of drug-likeness (QED) is 0.770. The van der Waals surface area contributed by atoms with Crippen LogP contribution in [0.3, 0.4) is 0 Å². The number of phenolic OH excluding ortho intramolecular Hbond substituents is 1. The molecule has 1 atom stereocenters. The number of hydrogen-bond donors (Lipinski definition) is 1. The average Bonchev–Trinajstić information content (AvgIpc) is 2.27. The third kappa shape index (κ3) is 3.01. The molecule has 16 heavy (non-hydrogen) atoms. The van der Waals surface area contributed by atoms with Gasteiger partial charge < -0.3 is 5.11 Å². The molecule has 1 N–H and O–H groups in total. The van der Waals surface area contributed by atoms with Crippen LogP contribution in [0.2, 0.25) is 0 Å². The molecule has 1 aromatic carbocycles. The largest absolute Gasteiger partial charge is 0.508 e. The van der Waals surface area contributed by atoms with Crippen LogP contribution in [0.25, 0.3) is 0 Å². The van der Waals surface area contributed by atoms with E-state index >= 15 is 0 Å². The van der Waals surface area contributed by atoms with Crippen molar-refractivity contribution in [3.8, 4) is 5.75 Å². The van der Waals surface area contributed by atoms with E-state index in [-0.39, 0.29) is 0 Å². The lowest BCUT2D eigenvalue weighted by Gasteiger charge is -2.29. The highest BCUT2D eigenvalue weighted by Gasteiger charge is 2.23. The Morgan fingerprint density at radius 3 is 1.88 bits per heavy atom. The van der Waals surface area contributed by atoms with Gasteiger partial charge in [0.05, 0.1) is 0 Å². The Bertz CT molecular complexity index is 296. The molecule has 0 aliphatic heterocycles. The minimum Gasteiger partial charge on any atom is -0.508 e. The minimum absolute atomic E-state index is 0.357. The van der Waals surface area contributed by atoms with Crippen LogP contribution in [0.1, 0.15) is 52.0 Å². The number of aromatic hydroxyl groups is 1. The van der Waals surface area contributed by atoms with E-state index in [0.717, 1.165) is 5.92 Å². The Morgan fingerprint density at radius 2 is 1.50 bits per heavy atom. The van der Waals surface area contributed by atoms with E-state index < -0.39 is 0 Å². The zero-order valence-electron chi connectivity index (χ0n) is 10.9. The highest BCUT2D eigenvalue weighted by Crippen LogP contribution is 2.36. The molecule has 0 aliphatic rings. The number of phenols is 1. The molecule has 0 fully saturated rings. The molecule has 1 aromatic rings. The first-order valence-corrected chi connectivity index (χ1v) is 6.39. The third-order valence-corrected chi connectivity index (χ3v) is 3.55. The van der Waals surface area contributed by atoms with Gasteiger partial charge in [0.25, 0.3) is 0 Å². The van der Waals surface area contributed by atoms with Gasteiger partial charge in [0.15, 0.2) is 0 Å². The molecule has 0 saturated carbocycles. The van der Waals surface area contributed by atoms with Gasteiger partial charge in [-0.25, -0.2) is 0 Å². The van der Waals surface area contributed by atoms with Gasteiger partial charge in [-0.15, -0.1) is 0 Å². The summed E-state index contributed by atoms with van der Waals surface area (Å²) in [5.41, 5.74) is 1.36. The molecule has 0 spiro atoms. The number of rotatable bonds is 5. The van der Waals surface area contributed by atoms with E-state index in [1.807, 2.05) is 0 Å². The number of hydrogen-bond acceptors (Lipinski definition) is 1. The predicted molar refractivity (Wildman–Crippen MR) is 69.8 cm³/mol. The van der Waals surface area contributed by atoms with Gasteiger partial charge in [0.2, 0.25) is 0 Å². The van der Waals surface area contributed by atoms with Crippen LogP contribution in [0, 0.1) is 11.8 Å². The third-order valence-electron chi connectivity index (χ3n) is 3.55. The smallest absolute Gasteiger partial charge is 0.115 e. The fourth-order valence-electron chi connectivity index (χ4n) is 2.69. The lowest BCUT2D eigenvalue weighted by Crippen LogP contribution is -2.17. The maximum atomic E-state index is 9.33. The van der Waals surface area contributed by atoms with Gasteiger partial charge in [-0.3, -0.25) is 0 Å². The van der Waals surface area contributed by atoms with Gasteiger partial charge in [-0.1, -0.05) is 52.7 Å². The van der Waals surface area contributed by atoms with Crippen LogP contribution < -0.4 is 0 Å². The Hall–Kier alpha value is -0.980. The van der Waals surface area contributed by atoms with Crippen molar-refractivity contribution in [2.24, 2.45) is 11.8 Å². The van der Waals surface area contributed by atoms with E-state index in [9.17, 15) is 5.11 Å². The van der Waals surface area contributed by atoms with Crippen molar-refractivity contribution in [1.82, 2.24) is 0 Å². The van der Waals surface area contributed by atoms with Crippen molar-refractivity contribution in [3.05, 3.63) is 29.8 Å². The van der Waals surface area contributed by atoms with Gasteiger partial charge in [0, 0.05) is 0 Å². The van der Waals surface area contributed by atoms with Gasteiger partial charge in [-0.2, -0.15) is 0 Å². The van der Waals surface area contributed by atoms with Gasteiger partial charge in [-0.05, 0) is 35.4 Å². The lowest BCUT2D eigenvalue weighted by atomic mass is 9.76. The lowest BCUT2D eigenvalue weighted by molar-refractivity contribution is 0.323. The Morgan fingerprint density at radius 1 is 1.00 bits per heavy atom. The molecule has 0 aliphatic carbocycles. The highest BCUT2D eigenvalue weighted by atomic mass is 16.3. The van der Waals surface area contributed by atoms with Crippen LogP contribution in [-0.2, 0) is 0 Å². The monoisotopic (exact) mass is 220 g/mol. The van der Waals surface area contributed by atoms with Crippen molar-refractivity contribution >= 4 is 0 Å². The molecule has 1 rings (SSSR count). The summed E-state index contributed by atoms with van der Waals surface area (Å²) in [4.78, 5) is 0. The van der Waals surface area contributed by atoms with Crippen molar-refractivity contribution in [2.75, 3.05) is 0 Å². The highest BCUT2D eigenvalue weighted by molar-refractivity contribution is 5.29. The fraction of sp³-hybridized carbons (Fsp3) is 0.600. The maximum Gasteiger partial charge on any atom is 0.115 e. The summed E-state index contributed by atoms with van der Waals surface area (Å²) in [6.07, 6.45) is 2.44. The van der Waals surface area contributed by atoms with E-state index in [0.29, 0.717) is 17.6 Å². The van der Waals surface area contributed by atoms with Crippen molar-refractivity contribution in [1.29, 1.82) is 0 Å². The molecular formula is C15H24O. The van der Waals surface area contributed by atoms with Crippen molar-refractivity contribution < 1.29 is 5.11 Å². The molecule has 1 heteroatoms. The Balaban J connectivity index is 2.97. The second-order valence-electron chi connectivity index (χ2n) is 4.94. The zero-order valence-corrected chi connectivity index (χ0v) is 10.9. The summed E-state index contributed by atoms with van der Waals surface area (Å²) in [6.45, 7) is 9.11. The summed E-state index contributed by atoms with van der Waals surface area (Å²) in [6, 6.07) is 7.73. The summed E-state index contributed by atoms with van der Waals surface area (Å²) >= 11 is 0. The Kier molecular flexibility index (Phi) is 4.85. The first kappa shape index (κ1) is 13.1. The standard InChI is InChI=1S/C15H24O/c1-5-12(6-2)15(11(3)4)13-7-9-14(16)10-8-13/h7-12,15-16H,5-6H2,1-4H3. The van der Waals surface area contributed by atoms with Crippen LogP contribution in [-0.4, -0.2) is 5.11 Å².